The molecule has 0 aromatic heterocycles. The smallest absolute Gasteiger partial charge is 0.255 e. The Morgan fingerprint density at radius 2 is 2.33 bits per heavy atom. The van der Waals surface area contributed by atoms with Crippen LogP contribution in [0, 0.1) is 5.92 Å². The lowest BCUT2D eigenvalue weighted by Crippen LogP contribution is -2.36. The molecule has 1 aliphatic carbocycles. The first-order valence-electron chi connectivity index (χ1n) is 4.42. The summed E-state index contributed by atoms with van der Waals surface area (Å²) in [4.78, 5) is 22.4. The maximum absolute atomic E-state index is 11.4. The van der Waals surface area contributed by atoms with Gasteiger partial charge < -0.3 is 11.1 Å². The average Bonchev–Trinajstić information content (AvgIpc) is 2.54. The summed E-state index contributed by atoms with van der Waals surface area (Å²) in [6.07, 6.45) is 3.23. The van der Waals surface area contributed by atoms with Crippen LogP contribution in [0.15, 0.2) is 28.6 Å². The molecule has 78 valence electrons. The van der Waals surface area contributed by atoms with Crippen molar-refractivity contribution in [2.75, 3.05) is 0 Å². The Morgan fingerprint density at radius 3 is 3.00 bits per heavy atom. The van der Waals surface area contributed by atoms with E-state index in [-0.39, 0.29) is 11.8 Å². The van der Waals surface area contributed by atoms with E-state index in [0.29, 0.717) is 17.1 Å². The summed E-state index contributed by atoms with van der Waals surface area (Å²) in [6, 6.07) is 0. The highest BCUT2D eigenvalue weighted by Gasteiger charge is 2.36. The van der Waals surface area contributed by atoms with Crippen LogP contribution in [0.25, 0.3) is 0 Å². The molecule has 0 bridgehead atoms. The zero-order valence-electron chi connectivity index (χ0n) is 8.07. The molecule has 0 spiro atoms. The molecule has 1 atom stereocenters. The SMILES string of the molecule is CC(=O)NC1=CC=C(N)C2=NNC(=O)C12. The lowest BCUT2D eigenvalue weighted by atomic mass is 9.92. The van der Waals surface area contributed by atoms with Crippen molar-refractivity contribution in [1.82, 2.24) is 10.7 Å². The molecule has 1 heterocycles. The van der Waals surface area contributed by atoms with Crippen molar-refractivity contribution >= 4 is 17.5 Å². The Labute approximate surface area is 85.9 Å². The molecule has 2 amide bonds. The van der Waals surface area contributed by atoms with Crippen molar-refractivity contribution < 1.29 is 9.59 Å². The van der Waals surface area contributed by atoms with Crippen LogP contribution in [0.5, 0.6) is 0 Å². The Morgan fingerprint density at radius 1 is 1.60 bits per heavy atom. The van der Waals surface area contributed by atoms with Gasteiger partial charge in [-0.25, -0.2) is 5.43 Å². The van der Waals surface area contributed by atoms with E-state index in [1.54, 1.807) is 12.2 Å². The molecule has 1 unspecified atom stereocenters. The van der Waals surface area contributed by atoms with Gasteiger partial charge in [-0.15, -0.1) is 0 Å². The molecular weight excluding hydrogens is 196 g/mol. The predicted molar refractivity (Wildman–Crippen MR) is 53.2 cm³/mol. The highest BCUT2D eigenvalue weighted by molar-refractivity contribution is 6.18. The van der Waals surface area contributed by atoms with Crippen LogP contribution in [0.3, 0.4) is 0 Å². The number of hydrogen-bond acceptors (Lipinski definition) is 4. The summed E-state index contributed by atoms with van der Waals surface area (Å²) < 4.78 is 0. The molecule has 6 nitrogen and oxygen atoms in total. The Bertz CT molecular complexity index is 433. The van der Waals surface area contributed by atoms with Gasteiger partial charge in [0.1, 0.15) is 11.6 Å². The van der Waals surface area contributed by atoms with Gasteiger partial charge >= 0.3 is 0 Å². The predicted octanol–water partition coefficient (Wildman–Crippen LogP) is -1.04. The first-order valence-corrected chi connectivity index (χ1v) is 4.42. The minimum Gasteiger partial charge on any atom is -0.397 e. The normalized spacial score (nSPS) is 23.4. The van der Waals surface area contributed by atoms with Crippen LogP contribution in [0.1, 0.15) is 6.92 Å². The molecule has 6 heteroatoms. The number of carbonyl (C=O) groups excluding carboxylic acids is 2. The van der Waals surface area contributed by atoms with Crippen molar-refractivity contribution in [2.45, 2.75) is 6.92 Å². The molecule has 0 saturated heterocycles. The fourth-order valence-corrected chi connectivity index (χ4v) is 1.57. The van der Waals surface area contributed by atoms with E-state index in [4.69, 9.17) is 5.73 Å². The summed E-state index contributed by atoms with van der Waals surface area (Å²) in [5, 5.41) is 6.39. The van der Waals surface area contributed by atoms with Crippen molar-refractivity contribution in [3.05, 3.63) is 23.5 Å². The number of hydrazone groups is 1. The molecule has 15 heavy (non-hydrogen) atoms. The highest BCUT2D eigenvalue weighted by Crippen LogP contribution is 2.22. The van der Waals surface area contributed by atoms with Gasteiger partial charge in [-0.2, -0.15) is 5.10 Å². The second kappa shape index (κ2) is 3.23. The van der Waals surface area contributed by atoms with Gasteiger partial charge in [0.25, 0.3) is 5.91 Å². The average molecular weight is 206 g/mol. The fraction of sp³-hybridized carbons (Fsp3) is 0.222. The lowest BCUT2D eigenvalue weighted by molar-refractivity contribution is -0.121. The first kappa shape index (κ1) is 9.45. The van der Waals surface area contributed by atoms with Crippen molar-refractivity contribution in [3.8, 4) is 0 Å². The molecule has 1 aliphatic heterocycles. The molecule has 4 N–H and O–H groups in total. The molecule has 2 aliphatic rings. The zero-order chi connectivity index (χ0) is 11.0. The van der Waals surface area contributed by atoms with E-state index in [9.17, 15) is 9.59 Å². The monoisotopic (exact) mass is 206 g/mol. The summed E-state index contributed by atoms with van der Waals surface area (Å²) in [6.45, 7) is 1.38. The highest BCUT2D eigenvalue weighted by atomic mass is 16.2. The van der Waals surface area contributed by atoms with E-state index >= 15 is 0 Å². The van der Waals surface area contributed by atoms with Crippen molar-refractivity contribution in [3.63, 3.8) is 0 Å². The number of rotatable bonds is 1. The first-order chi connectivity index (χ1) is 7.09. The number of nitrogens with one attached hydrogen (secondary N) is 2. The topological polar surface area (TPSA) is 96.6 Å². The van der Waals surface area contributed by atoms with Gasteiger partial charge in [-0.05, 0) is 12.2 Å². The standard InChI is InChI=1S/C9H10N4O2/c1-4(14)11-6-3-2-5(10)8-7(6)9(15)13-12-8/h2-3,7H,10H2,1H3,(H,11,14)(H,13,15). The van der Waals surface area contributed by atoms with Crippen molar-refractivity contribution in [1.29, 1.82) is 0 Å². The third-order valence-electron chi connectivity index (χ3n) is 2.19. The van der Waals surface area contributed by atoms with Crippen molar-refractivity contribution in [2.24, 2.45) is 16.8 Å². The molecule has 2 rings (SSSR count). The number of amides is 2. The van der Waals surface area contributed by atoms with Crippen LogP contribution < -0.4 is 16.5 Å². The number of fused-ring (bicyclic) bond motifs is 1. The van der Waals surface area contributed by atoms with Crippen LogP contribution in [-0.2, 0) is 9.59 Å². The minimum absolute atomic E-state index is 0.228. The van der Waals surface area contributed by atoms with Gasteiger partial charge in [0.15, 0.2) is 0 Å². The van der Waals surface area contributed by atoms with E-state index in [0.717, 1.165) is 0 Å². The third kappa shape index (κ3) is 1.50. The zero-order valence-corrected chi connectivity index (χ0v) is 8.07. The Hall–Kier alpha value is -2.11. The molecular formula is C9H10N4O2. The van der Waals surface area contributed by atoms with E-state index in [1.807, 2.05) is 0 Å². The molecule has 0 radical (unpaired) electrons. The summed E-state index contributed by atoms with van der Waals surface area (Å²) in [5.41, 5.74) is 9.39. The van der Waals surface area contributed by atoms with E-state index < -0.39 is 5.92 Å². The van der Waals surface area contributed by atoms with Crippen LogP contribution in [0.2, 0.25) is 0 Å². The van der Waals surface area contributed by atoms with Gasteiger partial charge in [-0.1, -0.05) is 0 Å². The van der Waals surface area contributed by atoms with Gasteiger partial charge in [-0.3, -0.25) is 9.59 Å². The Kier molecular flexibility index (Phi) is 2.03. The Balaban J connectivity index is 2.35. The number of allylic oxidation sites excluding steroid dienone is 3. The molecule has 0 saturated carbocycles. The van der Waals surface area contributed by atoms with Gasteiger partial charge in [0.2, 0.25) is 5.91 Å². The maximum Gasteiger partial charge on any atom is 0.255 e. The van der Waals surface area contributed by atoms with E-state index in [2.05, 4.69) is 15.8 Å². The largest absolute Gasteiger partial charge is 0.397 e. The fourth-order valence-electron chi connectivity index (χ4n) is 1.57. The van der Waals surface area contributed by atoms with Crippen LogP contribution >= 0.6 is 0 Å². The lowest BCUT2D eigenvalue weighted by Gasteiger charge is -2.18. The van der Waals surface area contributed by atoms with E-state index in [1.165, 1.54) is 6.92 Å². The van der Waals surface area contributed by atoms with Gasteiger partial charge in [0, 0.05) is 12.6 Å². The second-order valence-corrected chi connectivity index (χ2v) is 3.33. The maximum atomic E-state index is 11.4. The second-order valence-electron chi connectivity index (χ2n) is 3.33. The molecule has 0 fully saturated rings. The number of hydrogen-bond donors (Lipinski definition) is 3. The third-order valence-corrected chi connectivity index (χ3v) is 2.19. The van der Waals surface area contributed by atoms with Crippen LogP contribution in [0.4, 0.5) is 0 Å². The van der Waals surface area contributed by atoms with Crippen LogP contribution in [-0.4, -0.2) is 17.5 Å². The molecule has 0 aromatic carbocycles. The summed E-state index contributed by atoms with van der Waals surface area (Å²) in [7, 11) is 0. The molecule has 0 aromatic rings. The quantitative estimate of drug-likeness (QED) is 0.511. The minimum atomic E-state index is -0.584. The summed E-state index contributed by atoms with van der Waals surface area (Å²) in [5.74, 6) is -1.09. The number of nitrogens with two attached hydrogens (primary N) is 1. The number of nitrogens with zero attached hydrogens (tertiary/aromatic N) is 1. The number of carbonyl (C=O) groups is 2. The van der Waals surface area contributed by atoms with Gasteiger partial charge in [0.05, 0.1) is 5.70 Å². The summed E-state index contributed by atoms with van der Waals surface area (Å²) >= 11 is 0.